The third-order valence-electron chi connectivity index (χ3n) is 5.72. The largest absolute Gasteiger partial charge is 0.444 e. The number of aliphatic hydroxyl groups is 1. The monoisotopic (exact) mass is 397 g/mol. The molecule has 0 aromatic heterocycles. The molecule has 1 heterocycles. The number of Topliss-reactive ketones (excluding diaryl/α,β-unsaturated/α-hetero) is 1. The van der Waals surface area contributed by atoms with Crippen LogP contribution in [0.15, 0.2) is 0 Å². The zero-order valence-electron chi connectivity index (χ0n) is 18.2. The minimum absolute atomic E-state index is 0.0833. The molecule has 1 saturated heterocycles. The van der Waals surface area contributed by atoms with Gasteiger partial charge in [0.1, 0.15) is 17.2 Å². The van der Waals surface area contributed by atoms with Crippen LogP contribution in [0.25, 0.3) is 0 Å². The predicted molar refractivity (Wildman–Crippen MR) is 105 cm³/mol. The second-order valence-corrected chi connectivity index (χ2v) is 9.36. The first-order valence-electron chi connectivity index (χ1n) is 9.95. The molecule has 1 saturated carbocycles. The topological polar surface area (TPSA) is 90.4 Å². The van der Waals surface area contributed by atoms with E-state index in [-0.39, 0.29) is 17.7 Å². The van der Waals surface area contributed by atoms with Crippen LogP contribution in [0, 0.1) is 0 Å². The van der Waals surface area contributed by atoms with Crippen molar-refractivity contribution in [2.24, 2.45) is 0 Å². The molecule has 2 aliphatic rings. The second kappa shape index (κ2) is 7.99. The lowest BCUT2D eigenvalue weighted by Crippen LogP contribution is -2.63. The van der Waals surface area contributed by atoms with Crippen LogP contribution in [0.3, 0.4) is 0 Å². The van der Waals surface area contributed by atoms with Crippen LogP contribution in [0.2, 0.25) is 0 Å². The van der Waals surface area contributed by atoms with E-state index in [1.54, 1.807) is 58.6 Å². The Morgan fingerprint density at radius 1 is 1.29 bits per heavy atom. The summed E-state index contributed by atoms with van der Waals surface area (Å²) in [6, 6.07) is -0.968. The lowest BCUT2D eigenvalue weighted by atomic mass is 9.73. The Kier molecular flexibility index (Phi) is 6.45. The van der Waals surface area contributed by atoms with Gasteiger partial charge in [0, 0.05) is 33.1 Å². The van der Waals surface area contributed by atoms with E-state index < -0.39 is 29.4 Å². The Balaban J connectivity index is 2.23. The molecule has 4 atom stereocenters. The van der Waals surface area contributed by atoms with Gasteiger partial charge in [-0.25, -0.2) is 4.79 Å². The van der Waals surface area contributed by atoms with Crippen LogP contribution in [-0.2, 0) is 14.3 Å². The van der Waals surface area contributed by atoms with Gasteiger partial charge < -0.3 is 14.7 Å². The number of rotatable bonds is 5. The predicted octanol–water partition coefficient (Wildman–Crippen LogP) is 1.26. The lowest BCUT2D eigenvalue weighted by molar-refractivity contribution is -0.142. The van der Waals surface area contributed by atoms with E-state index >= 15 is 0 Å². The minimum atomic E-state index is -0.865. The van der Waals surface area contributed by atoms with Crippen LogP contribution in [-0.4, -0.2) is 94.6 Å². The van der Waals surface area contributed by atoms with E-state index in [4.69, 9.17) is 4.74 Å². The van der Waals surface area contributed by atoms with Crippen LogP contribution >= 0.6 is 0 Å². The average molecular weight is 398 g/mol. The van der Waals surface area contributed by atoms with Crippen LogP contribution < -0.4 is 0 Å². The van der Waals surface area contributed by atoms with Crippen molar-refractivity contribution in [1.29, 1.82) is 0 Å². The number of aliphatic hydroxyl groups excluding tert-OH is 1. The van der Waals surface area contributed by atoms with Gasteiger partial charge in [0.2, 0.25) is 5.91 Å². The molecule has 1 aliphatic carbocycles. The van der Waals surface area contributed by atoms with Gasteiger partial charge in [-0.05, 0) is 54.0 Å². The highest BCUT2D eigenvalue weighted by Crippen LogP contribution is 2.46. The molecule has 8 nitrogen and oxygen atoms in total. The molecular formula is C20H35N3O5. The van der Waals surface area contributed by atoms with Crippen molar-refractivity contribution >= 4 is 17.8 Å². The first-order chi connectivity index (χ1) is 12.8. The number of amides is 2. The van der Waals surface area contributed by atoms with Gasteiger partial charge in [-0.15, -0.1) is 0 Å². The Morgan fingerprint density at radius 2 is 1.89 bits per heavy atom. The second-order valence-electron chi connectivity index (χ2n) is 9.36. The van der Waals surface area contributed by atoms with Gasteiger partial charge in [-0.3, -0.25) is 19.4 Å². The number of likely N-dealkylation sites (tertiary alicyclic amines) is 1. The molecular weight excluding hydrogens is 362 g/mol. The fraction of sp³-hybridized carbons (Fsp3) is 0.850. The number of carbonyl (C=O) groups is 3. The van der Waals surface area contributed by atoms with Gasteiger partial charge in [-0.2, -0.15) is 0 Å². The summed E-state index contributed by atoms with van der Waals surface area (Å²) in [5.41, 5.74) is -1.42. The summed E-state index contributed by atoms with van der Waals surface area (Å²) in [5, 5.41) is 10.2. The van der Waals surface area contributed by atoms with Crippen LogP contribution in [0.5, 0.6) is 0 Å². The molecule has 0 radical (unpaired) electrons. The van der Waals surface area contributed by atoms with Crippen molar-refractivity contribution in [1.82, 2.24) is 14.7 Å². The highest BCUT2D eigenvalue weighted by atomic mass is 16.6. The van der Waals surface area contributed by atoms with E-state index in [0.717, 1.165) is 0 Å². The van der Waals surface area contributed by atoms with Crippen LogP contribution in [0.1, 0.15) is 53.4 Å². The standard InChI is InChI=1S/C20H35N3O5/c1-13(24)16(17(26)21(5)6)22(7)12-14-8-10-20(11-9-15(20)25)23(14)18(27)28-19(2,3)4/h13-14,16,24H,8-12H2,1-7H3/t13-,14?,16+,20?/m1/s1. The lowest BCUT2D eigenvalue weighted by Gasteiger charge is -2.46. The first-order valence-corrected chi connectivity index (χ1v) is 9.95. The Bertz CT molecular complexity index is 628. The molecule has 8 heteroatoms. The van der Waals surface area contributed by atoms with Gasteiger partial charge >= 0.3 is 6.09 Å². The fourth-order valence-corrected chi connectivity index (χ4v) is 4.32. The maximum absolute atomic E-state index is 13.0. The summed E-state index contributed by atoms with van der Waals surface area (Å²) >= 11 is 0. The Hall–Kier alpha value is -1.67. The summed E-state index contributed by atoms with van der Waals surface area (Å²) in [6.07, 6.45) is 1.07. The zero-order valence-corrected chi connectivity index (χ0v) is 18.2. The van der Waals surface area contributed by atoms with E-state index in [1.807, 2.05) is 0 Å². The number of nitrogens with zero attached hydrogens (tertiary/aromatic N) is 3. The molecule has 1 spiro atoms. The summed E-state index contributed by atoms with van der Waals surface area (Å²) in [6.45, 7) is 7.37. The molecule has 1 N–H and O–H groups in total. The smallest absolute Gasteiger partial charge is 0.411 e. The molecule has 28 heavy (non-hydrogen) atoms. The average Bonchev–Trinajstić information content (AvgIpc) is 2.93. The highest BCUT2D eigenvalue weighted by Gasteiger charge is 2.59. The van der Waals surface area contributed by atoms with Crippen molar-refractivity contribution in [3.05, 3.63) is 0 Å². The van der Waals surface area contributed by atoms with Gasteiger partial charge in [0.05, 0.1) is 6.10 Å². The fourth-order valence-electron chi connectivity index (χ4n) is 4.32. The minimum Gasteiger partial charge on any atom is -0.444 e. The molecule has 2 amide bonds. The molecule has 0 aromatic carbocycles. The maximum atomic E-state index is 13.0. The van der Waals surface area contributed by atoms with Gasteiger partial charge in [-0.1, -0.05) is 0 Å². The van der Waals surface area contributed by atoms with Gasteiger partial charge in [0.25, 0.3) is 0 Å². The van der Waals surface area contributed by atoms with Crippen molar-refractivity contribution < 1.29 is 24.2 Å². The molecule has 2 rings (SSSR count). The molecule has 2 fully saturated rings. The third-order valence-corrected chi connectivity index (χ3v) is 5.72. The molecule has 1 aliphatic heterocycles. The number of ether oxygens (including phenoxy) is 1. The van der Waals surface area contributed by atoms with Crippen molar-refractivity contribution in [2.45, 2.75) is 82.7 Å². The normalized spacial score (nSPS) is 27.0. The molecule has 0 aromatic rings. The summed E-state index contributed by atoms with van der Waals surface area (Å²) in [7, 11) is 5.06. The molecule has 0 bridgehead atoms. The highest BCUT2D eigenvalue weighted by molar-refractivity contribution is 5.97. The molecule has 2 unspecified atom stereocenters. The van der Waals surface area contributed by atoms with Crippen molar-refractivity contribution in [3.8, 4) is 0 Å². The summed E-state index contributed by atoms with van der Waals surface area (Å²) < 4.78 is 5.60. The quantitative estimate of drug-likeness (QED) is 0.751. The van der Waals surface area contributed by atoms with E-state index in [9.17, 15) is 19.5 Å². The number of hydrogen-bond acceptors (Lipinski definition) is 6. The van der Waals surface area contributed by atoms with Crippen molar-refractivity contribution in [2.75, 3.05) is 27.7 Å². The van der Waals surface area contributed by atoms with Crippen molar-refractivity contribution in [3.63, 3.8) is 0 Å². The summed E-state index contributed by atoms with van der Waals surface area (Å²) in [4.78, 5) is 42.8. The van der Waals surface area contributed by atoms with E-state index in [2.05, 4.69) is 0 Å². The molecule has 160 valence electrons. The number of hydrogen-bond donors (Lipinski definition) is 1. The zero-order chi connectivity index (χ0) is 21.4. The maximum Gasteiger partial charge on any atom is 0.411 e. The number of ketones is 1. The Morgan fingerprint density at radius 3 is 2.29 bits per heavy atom. The first kappa shape index (κ1) is 22.6. The number of carbonyl (C=O) groups excluding carboxylic acids is 3. The third kappa shape index (κ3) is 4.33. The van der Waals surface area contributed by atoms with E-state index in [1.165, 1.54) is 4.90 Å². The SMILES string of the molecule is C[C@@H](O)[C@@H](C(=O)N(C)C)N(C)CC1CCC2(CCC2=O)N1C(=O)OC(C)(C)C. The summed E-state index contributed by atoms with van der Waals surface area (Å²) in [5.74, 6) is -0.117. The van der Waals surface area contributed by atoms with Crippen LogP contribution in [0.4, 0.5) is 4.79 Å². The van der Waals surface area contributed by atoms with E-state index in [0.29, 0.717) is 32.2 Å². The number of likely N-dealkylation sites (N-methyl/N-ethyl adjacent to an activating group) is 2. The Labute approximate surface area is 167 Å². The van der Waals surface area contributed by atoms with Gasteiger partial charge in [0.15, 0.2) is 5.78 Å².